The monoisotopic (exact) mass is 355 g/mol. The number of hydrogen-bond acceptors (Lipinski definition) is 7. The van der Waals surface area contributed by atoms with Crippen LogP contribution in [0.2, 0.25) is 0 Å². The maximum absolute atomic E-state index is 11.7. The van der Waals surface area contributed by atoms with E-state index >= 15 is 0 Å². The van der Waals surface area contributed by atoms with E-state index in [-0.39, 0.29) is 22.6 Å². The fourth-order valence-electron chi connectivity index (χ4n) is 2.19. The van der Waals surface area contributed by atoms with Crippen molar-refractivity contribution < 1.29 is 9.90 Å². The van der Waals surface area contributed by atoms with E-state index in [2.05, 4.69) is 44.2 Å². The van der Waals surface area contributed by atoms with Crippen LogP contribution in [0.5, 0.6) is 0 Å². The summed E-state index contributed by atoms with van der Waals surface area (Å²) < 4.78 is 0. The van der Waals surface area contributed by atoms with Crippen LogP contribution in [0.3, 0.4) is 0 Å². The van der Waals surface area contributed by atoms with Crippen LogP contribution in [0.15, 0.2) is 39.4 Å². The molecule has 2 heterocycles. The van der Waals surface area contributed by atoms with Crippen LogP contribution in [-0.4, -0.2) is 39.5 Å². The number of nitrogens with zero attached hydrogens (tertiary/aromatic N) is 6. The van der Waals surface area contributed by atoms with Gasteiger partial charge in [0.2, 0.25) is 0 Å². The molecule has 2 aliphatic heterocycles. The Morgan fingerprint density at radius 1 is 1.42 bits per heavy atom. The molecule has 1 aliphatic carbocycles. The van der Waals surface area contributed by atoms with E-state index in [1.54, 1.807) is 0 Å². The zero-order chi connectivity index (χ0) is 19.1. The van der Waals surface area contributed by atoms with Crippen molar-refractivity contribution in [3.63, 3.8) is 0 Å². The topological polar surface area (TPSA) is 153 Å². The minimum absolute atomic E-state index is 0.116. The number of fused-ring (bicyclic) bond motifs is 1. The highest BCUT2D eigenvalue weighted by Gasteiger charge is 2.11. The van der Waals surface area contributed by atoms with Crippen molar-refractivity contribution in [1.29, 1.82) is 0 Å². The summed E-state index contributed by atoms with van der Waals surface area (Å²) in [6.07, 6.45) is 3.21. The van der Waals surface area contributed by atoms with Crippen molar-refractivity contribution in [3.05, 3.63) is 50.9 Å². The quantitative estimate of drug-likeness (QED) is 0.489. The Bertz CT molecular complexity index is 922. The number of amidine groups is 1. The summed E-state index contributed by atoms with van der Waals surface area (Å²) in [6.45, 7) is 5.22. The number of carbonyl (C=O) groups is 1. The van der Waals surface area contributed by atoms with Crippen LogP contribution in [0.1, 0.15) is 30.8 Å². The first-order chi connectivity index (χ1) is 12.4. The average Bonchev–Trinajstić information content (AvgIpc) is 2.89. The summed E-state index contributed by atoms with van der Waals surface area (Å²) in [5.41, 5.74) is 8.05. The highest BCUT2D eigenvalue weighted by molar-refractivity contribution is 5.85. The summed E-state index contributed by atoms with van der Waals surface area (Å²) >= 11 is 0. The Hall–Kier alpha value is -3.52. The maximum atomic E-state index is 11.7. The van der Waals surface area contributed by atoms with Gasteiger partial charge >= 0.3 is 5.97 Å². The molecule has 0 radical (unpaired) electrons. The van der Waals surface area contributed by atoms with Gasteiger partial charge in [0, 0.05) is 29.3 Å². The molecule has 0 aromatic rings. The summed E-state index contributed by atoms with van der Waals surface area (Å²) in [5.74, 6) is -0.0805. The first-order valence-corrected chi connectivity index (χ1v) is 7.83. The van der Waals surface area contributed by atoms with Gasteiger partial charge in [0.25, 0.3) is 0 Å². The molecule has 3 aliphatic rings. The Morgan fingerprint density at radius 2 is 2.19 bits per heavy atom. The SMILES string of the molecule is CCC1=NCC(C)N1.[N-]=[N+]=Nc1cc2ncc(C(=O)O)ncc-2c(=O)c1. The van der Waals surface area contributed by atoms with E-state index in [1.165, 1.54) is 6.07 Å². The Labute approximate surface area is 148 Å². The molecule has 134 valence electrons. The second-order valence-electron chi connectivity index (χ2n) is 5.46. The zero-order valence-electron chi connectivity index (χ0n) is 14.2. The Kier molecular flexibility index (Phi) is 6.18. The average molecular weight is 355 g/mol. The first-order valence-electron chi connectivity index (χ1n) is 7.83. The predicted molar refractivity (Wildman–Crippen MR) is 95.9 cm³/mol. The molecule has 0 spiro atoms. The number of aromatic nitrogens is 2. The van der Waals surface area contributed by atoms with Crippen LogP contribution in [0.25, 0.3) is 21.7 Å². The molecule has 0 saturated carbocycles. The molecule has 26 heavy (non-hydrogen) atoms. The highest BCUT2D eigenvalue weighted by Crippen LogP contribution is 2.19. The van der Waals surface area contributed by atoms with Crippen LogP contribution < -0.4 is 10.7 Å². The summed E-state index contributed by atoms with van der Waals surface area (Å²) in [6, 6.07) is 3.08. The molecule has 0 aromatic heterocycles. The first kappa shape index (κ1) is 18.8. The van der Waals surface area contributed by atoms with Gasteiger partial charge in [-0.05, 0) is 24.6 Å². The molecule has 10 heteroatoms. The van der Waals surface area contributed by atoms with E-state index < -0.39 is 11.4 Å². The number of aliphatic imine (C=N–C) groups is 1. The Morgan fingerprint density at radius 3 is 2.73 bits per heavy atom. The van der Waals surface area contributed by atoms with Crippen molar-refractivity contribution in [2.75, 3.05) is 6.54 Å². The molecule has 3 rings (SSSR count). The van der Waals surface area contributed by atoms with E-state index in [9.17, 15) is 9.59 Å². The lowest BCUT2D eigenvalue weighted by molar-refractivity contribution is 0.0690. The third-order valence-electron chi connectivity index (χ3n) is 3.45. The van der Waals surface area contributed by atoms with Crippen molar-refractivity contribution >= 4 is 17.5 Å². The fraction of sp³-hybridized carbons (Fsp3) is 0.312. The molecular weight excluding hydrogens is 338 g/mol. The third kappa shape index (κ3) is 4.74. The molecule has 2 N–H and O–H groups in total. The predicted octanol–water partition coefficient (Wildman–Crippen LogP) is 2.37. The number of benzene rings is 1. The second-order valence-corrected chi connectivity index (χ2v) is 5.46. The lowest BCUT2D eigenvalue weighted by atomic mass is 10.1. The number of carboxylic acids is 1. The lowest BCUT2D eigenvalue weighted by Gasteiger charge is -2.01. The van der Waals surface area contributed by atoms with Crippen molar-refractivity contribution in [3.8, 4) is 11.3 Å². The van der Waals surface area contributed by atoms with Gasteiger partial charge in [-0.1, -0.05) is 12.0 Å². The minimum atomic E-state index is -1.24. The number of nitrogens with one attached hydrogen (secondary N) is 1. The second kappa shape index (κ2) is 8.54. The van der Waals surface area contributed by atoms with Gasteiger partial charge in [-0.2, -0.15) is 0 Å². The van der Waals surface area contributed by atoms with Crippen molar-refractivity contribution in [2.45, 2.75) is 26.3 Å². The van der Waals surface area contributed by atoms with Gasteiger partial charge in [-0.25, -0.2) is 9.78 Å². The molecule has 0 amide bonds. The molecule has 0 aromatic carbocycles. The Balaban J connectivity index is 0.000000254. The van der Waals surface area contributed by atoms with Gasteiger partial charge in [0.1, 0.15) is 0 Å². The van der Waals surface area contributed by atoms with Gasteiger partial charge < -0.3 is 10.4 Å². The maximum Gasteiger partial charge on any atom is 0.356 e. The van der Waals surface area contributed by atoms with Gasteiger partial charge in [0.15, 0.2) is 11.1 Å². The normalized spacial score (nSPS) is 15.2. The summed E-state index contributed by atoms with van der Waals surface area (Å²) in [5, 5.41) is 15.3. The molecule has 0 fully saturated rings. The van der Waals surface area contributed by atoms with E-state index in [1.807, 2.05) is 0 Å². The highest BCUT2D eigenvalue weighted by atomic mass is 16.4. The zero-order valence-corrected chi connectivity index (χ0v) is 14.2. The summed E-state index contributed by atoms with van der Waals surface area (Å²) in [4.78, 5) is 36.7. The van der Waals surface area contributed by atoms with Crippen molar-refractivity contribution in [1.82, 2.24) is 15.3 Å². The number of azide groups is 1. The van der Waals surface area contributed by atoms with Crippen molar-refractivity contribution in [2.24, 2.45) is 10.1 Å². The summed E-state index contributed by atoms with van der Waals surface area (Å²) in [7, 11) is 0. The smallest absolute Gasteiger partial charge is 0.356 e. The molecule has 0 bridgehead atoms. The van der Waals surface area contributed by atoms with E-state index in [0.29, 0.717) is 6.04 Å². The standard InChI is InChI=1S/C10H5N5O3.C6H12N2/c11-15-14-5-1-7-6(9(16)2-5)3-12-8(4-13-7)10(17)18;1-3-6-7-4-5(2)8-6/h1-4H,(H,17,18);5H,3-4H2,1-2H3,(H,7,8). The van der Waals surface area contributed by atoms with Gasteiger partial charge in [-0.15, -0.1) is 0 Å². The van der Waals surface area contributed by atoms with Crippen LogP contribution in [0, 0.1) is 0 Å². The lowest BCUT2D eigenvalue weighted by Crippen LogP contribution is -2.26. The van der Waals surface area contributed by atoms with E-state index in [0.717, 1.165) is 37.3 Å². The van der Waals surface area contributed by atoms with Gasteiger partial charge in [-0.3, -0.25) is 14.8 Å². The third-order valence-corrected chi connectivity index (χ3v) is 3.45. The molecule has 1 unspecified atom stereocenters. The number of carboxylic acid groups (broad SMARTS) is 1. The molecule has 10 nitrogen and oxygen atoms in total. The molecule has 0 saturated heterocycles. The largest absolute Gasteiger partial charge is 0.476 e. The fourth-order valence-corrected chi connectivity index (χ4v) is 2.19. The number of rotatable bonds is 3. The minimum Gasteiger partial charge on any atom is -0.476 e. The molecule has 1 atom stereocenters. The van der Waals surface area contributed by atoms with Gasteiger partial charge in [0.05, 0.1) is 29.8 Å². The van der Waals surface area contributed by atoms with E-state index in [4.69, 9.17) is 10.6 Å². The number of aromatic carboxylic acids is 1. The van der Waals surface area contributed by atoms with Crippen LogP contribution >= 0.6 is 0 Å². The van der Waals surface area contributed by atoms with Crippen LogP contribution in [0.4, 0.5) is 5.69 Å². The number of hydrogen-bond donors (Lipinski definition) is 2. The van der Waals surface area contributed by atoms with Crippen LogP contribution in [-0.2, 0) is 0 Å². The molecular formula is C16H17N7O3.